The quantitative estimate of drug-likeness (QED) is 0.709. The van der Waals surface area contributed by atoms with Gasteiger partial charge < -0.3 is 0 Å². The van der Waals surface area contributed by atoms with Crippen LogP contribution in [0, 0.1) is 0 Å². The van der Waals surface area contributed by atoms with Crippen molar-refractivity contribution < 1.29 is 5.21 Å². The van der Waals surface area contributed by atoms with Crippen molar-refractivity contribution in [1.82, 2.24) is 15.7 Å². The molecule has 0 aliphatic carbocycles. The molecule has 1 aliphatic heterocycles. The second kappa shape index (κ2) is 3.47. The third-order valence-electron chi connectivity index (χ3n) is 1.81. The van der Waals surface area contributed by atoms with Crippen molar-refractivity contribution in [2.45, 2.75) is 6.54 Å². The molecule has 1 aromatic carbocycles. The average molecular weight is 177 g/mol. The maximum atomic E-state index is 8.97. The van der Waals surface area contributed by atoms with Gasteiger partial charge in [0.25, 0.3) is 0 Å². The van der Waals surface area contributed by atoms with E-state index in [2.05, 4.69) is 5.53 Å². The van der Waals surface area contributed by atoms with Gasteiger partial charge in [0.2, 0.25) is 0 Å². The molecule has 0 atom stereocenters. The van der Waals surface area contributed by atoms with Crippen LogP contribution in [0.15, 0.2) is 42.7 Å². The van der Waals surface area contributed by atoms with Gasteiger partial charge in [0, 0.05) is 6.20 Å². The molecule has 2 rings (SSSR count). The van der Waals surface area contributed by atoms with Crippen LogP contribution in [-0.4, -0.2) is 15.4 Å². The number of hydroxylamine groups is 1. The minimum Gasteiger partial charge on any atom is -0.290 e. The molecule has 0 saturated carbocycles. The standard InChI is InChI=1S/C9H11N3O/c13-12-7-6-11(10-12)8-9-4-2-1-3-5-9/h1-7,10,13H,8H2. The Bertz CT molecular complexity index is 299. The Balaban J connectivity index is 1.96. The molecular formula is C9H11N3O. The molecule has 1 heterocycles. The van der Waals surface area contributed by atoms with Gasteiger partial charge in [-0.05, 0) is 5.56 Å². The fourth-order valence-electron chi connectivity index (χ4n) is 1.21. The second-order valence-corrected chi connectivity index (χ2v) is 2.86. The number of hydrazine groups is 2. The van der Waals surface area contributed by atoms with Crippen LogP contribution in [0.4, 0.5) is 0 Å². The minimum absolute atomic E-state index is 0.731. The first-order valence-electron chi connectivity index (χ1n) is 4.08. The fraction of sp³-hybridized carbons (Fsp3) is 0.111. The third-order valence-corrected chi connectivity index (χ3v) is 1.81. The van der Waals surface area contributed by atoms with Crippen molar-refractivity contribution in [1.29, 1.82) is 0 Å². The topological polar surface area (TPSA) is 38.7 Å². The number of hydrogen-bond donors (Lipinski definition) is 2. The van der Waals surface area contributed by atoms with E-state index in [0.29, 0.717) is 0 Å². The number of rotatable bonds is 2. The van der Waals surface area contributed by atoms with Gasteiger partial charge in [-0.3, -0.25) is 10.2 Å². The Morgan fingerprint density at radius 2 is 1.92 bits per heavy atom. The molecule has 13 heavy (non-hydrogen) atoms. The lowest BCUT2D eigenvalue weighted by atomic mass is 10.2. The molecule has 0 unspecified atom stereocenters. The lowest BCUT2D eigenvalue weighted by Crippen LogP contribution is -2.36. The normalized spacial score (nSPS) is 15.5. The summed E-state index contributed by atoms with van der Waals surface area (Å²) in [5.74, 6) is 0. The Morgan fingerprint density at radius 3 is 2.54 bits per heavy atom. The van der Waals surface area contributed by atoms with Crippen LogP contribution < -0.4 is 5.53 Å². The first-order chi connectivity index (χ1) is 6.34. The van der Waals surface area contributed by atoms with Crippen LogP contribution in [0.1, 0.15) is 5.56 Å². The SMILES string of the molecule is ON1C=CN(Cc2ccccc2)N1. The van der Waals surface area contributed by atoms with E-state index in [4.69, 9.17) is 5.21 Å². The summed E-state index contributed by atoms with van der Waals surface area (Å²) in [5.41, 5.74) is 3.90. The van der Waals surface area contributed by atoms with Crippen molar-refractivity contribution in [3.05, 3.63) is 48.3 Å². The van der Waals surface area contributed by atoms with Crippen molar-refractivity contribution in [3.63, 3.8) is 0 Å². The van der Waals surface area contributed by atoms with Crippen LogP contribution in [0.5, 0.6) is 0 Å². The summed E-state index contributed by atoms with van der Waals surface area (Å²) in [5, 5.41) is 11.7. The number of nitrogens with zero attached hydrogens (tertiary/aromatic N) is 2. The summed E-state index contributed by atoms with van der Waals surface area (Å²) in [6.07, 6.45) is 3.32. The van der Waals surface area contributed by atoms with Gasteiger partial charge >= 0.3 is 0 Å². The highest BCUT2D eigenvalue weighted by molar-refractivity contribution is 5.14. The van der Waals surface area contributed by atoms with Gasteiger partial charge in [-0.15, -0.1) is 5.53 Å². The van der Waals surface area contributed by atoms with Crippen molar-refractivity contribution in [3.8, 4) is 0 Å². The monoisotopic (exact) mass is 177 g/mol. The van der Waals surface area contributed by atoms with Gasteiger partial charge in [0.05, 0.1) is 12.7 Å². The van der Waals surface area contributed by atoms with Crippen LogP contribution >= 0.6 is 0 Å². The van der Waals surface area contributed by atoms with Gasteiger partial charge in [-0.1, -0.05) is 30.3 Å². The summed E-state index contributed by atoms with van der Waals surface area (Å²) in [4.78, 5) is 0. The van der Waals surface area contributed by atoms with E-state index >= 15 is 0 Å². The predicted molar refractivity (Wildman–Crippen MR) is 47.9 cm³/mol. The Labute approximate surface area is 76.6 Å². The molecule has 0 fully saturated rings. The summed E-state index contributed by atoms with van der Waals surface area (Å²) in [6.45, 7) is 0.731. The first-order valence-corrected chi connectivity index (χ1v) is 4.08. The molecule has 0 amide bonds. The molecule has 1 aromatic rings. The van der Waals surface area contributed by atoms with E-state index in [-0.39, 0.29) is 0 Å². The van der Waals surface area contributed by atoms with E-state index in [0.717, 1.165) is 11.7 Å². The van der Waals surface area contributed by atoms with Crippen molar-refractivity contribution >= 4 is 0 Å². The predicted octanol–water partition coefficient (Wildman–Crippen LogP) is 1.08. The van der Waals surface area contributed by atoms with E-state index < -0.39 is 0 Å². The van der Waals surface area contributed by atoms with Crippen molar-refractivity contribution in [2.75, 3.05) is 0 Å². The maximum absolute atomic E-state index is 8.97. The summed E-state index contributed by atoms with van der Waals surface area (Å²) in [6, 6.07) is 10.0. The molecule has 0 bridgehead atoms. The lowest BCUT2D eigenvalue weighted by Gasteiger charge is -2.17. The summed E-state index contributed by atoms with van der Waals surface area (Å²) >= 11 is 0. The molecule has 0 spiro atoms. The molecule has 68 valence electrons. The van der Waals surface area contributed by atoms with E-state index in [1.807, 2.05) is 30.3 Å². The first kappa shape index (κ1) is 8.10. The molecule has 4 heteroatoms. The second-order valence-electron chi connectivity index (χ2n) is 2.86. The van der Waals surface area contributed by atoms with Crippen LogP contribution in [0.25, 0.3) is 0 Å². The Hall–Kier alpha value is -1.52. The van der Waals surface area contributed by atoms with E-state index in [1.54, 1.807) is 17.4 Å². The molecule has 2 N–H and O–H groups in total. The molecule has 1 aliphatic rings. The van der Waals surface area contributed by atoms with Crippen LogP contribution in [-0.2, 0) is 6.54 Å². The fourth-order valence-corrected chi connectivity index (χ4v) is 1.21. The number of benzene rings is 1. The van der Waals surface area contributed by atoms with Gasteiger partial charge in [-0.25, -0.2) is 0 Å². The van der Waals surface area contributed by atoms with E-state index in [1.165, 1.54) is 5.56 Å². The summed E-state index contributed by atoms with van der Waals surface area (Å²) < 4.78 is 0. The lowest BCUT2D eigenvalue weighted by molar-refractivity contribution is -0.120. The number of nitrogens with one attached hydrogen (secondary N) is 1. The zero-order valence-electron chi connectivity index (χ0n) is 7.09. The zero-order valence-corrected chi connectivity index (χ0v) is 7.09. The molecule has 0 aromatic heterocycles. The smallest absolute Gasteiger partial charge is 0.0653 e. The molecule has 0 radical (unpaired) electrons. The molecule has 0 saturated heterocycles. The van der Waals surface area contributed by atoms with Gasteiger partial charge in [0.1, 0.15) is 0 Å². The highest BCUT2D eigenvalue weighted by Crippen LogP contribution is 2.05. The summed E-state index contributed by atoms with van der Waals surface area (Å²) in [7, 11) is 0. The Kier molecular flexibility index (Phi) is 2.16. The minimum atomic E-state index is 0.731. The number of hydrogen-bond acceptors (Lipinski definition) is 4. The zero-order chi connectivity index (χ0) is 9.10. The van der Waals surface area contributed by atoms with E-state index in [9.17, 15) is 0 Å². The van der Waals surface area contributed by atoms with Crippen LogP contribution in [0.2, 0.25) is 0 Å². The molecule has 4 nitrogen and oxygen atoms in total. The highest BCUT2D eigenvalue weighted by Gasteiger charge is 2.08. The van der Waals surface area contributed by atoms with Crippen LogP contribution in [0.3, 0.4) is 0 Å². The largest absolute Gasteiger partial charge is 0.290 e. The Morgan fingerprint density at radius 1 is 1.15 bits per heavy atom. The van der Waals surface area contributed by atoms with Gasteiger partial charge in [-0.2, -0.15) is 5.17 Å². The van der Waals surface area contributed by atoms with Gasteiger partial charge in [0.15, 0.2) is 0 Å². The average Bonchev–Trinajstić information content (AvgIpc) is 2.53. The third kappa shape index (κ3) is 1.99. The maximum Gasteiger partial charge on any atom is 0.0653 e. The highest BCUT2D eigenvalue weighted by atomic mass is 16.6. The van der Waals surface area contributed by atoms with Crippen molar-refractivity contribution in [2.24, 2.45) is 0 Å². The molecular weight excluding hydrogens is 166 g/mol.